The van der Waals surface area contributed by atoms with Crippen LogP contribution in [0.1, 0.15) is 42.0 Å². The van der Waals surface area contributed by atoms with Crippen molar-refractivity contribution in [2.24, 2.45) is 5.73 Å². The first-order chi connectivity index (χ1) is 15.8. The SMILES string of the molecule is COCCc1nc2c(c(C(F)(F)F)n1)CCN(C(=O)C[C@H](N)CN1C(=O)CCC(F)(F)C1O)C2.Cl. The van der Waals surface area contributed by atoms with Crippen LogP contribution in [-0.4, -0.2) is 81.7 Å². The number of piperidine rings is 1. The number of halogens is 6. The molecule has 1 aromatic rings. The molecule has 2 atom stereocenters. The van der Waals surface area contributed by atoms with Crippen LogP contribution in [0.15, 0.2) is 0 Å². The van der Waals surface area contributed by atoms with Gasteiger partial charge in [0, 0.05) is 57.5 Å². The zero-order valence-corrected chi connectivity index (χ0v) is 19.7. The van der Waals surface area contributed by atoms with E-state index in [2.05, 4.69) is 9.97 Å². The summed E-state index contributed by atoms with van der Waals surface area (Å²) in [5.41, 5.74) is 4.85. The van der Waals surface area contributed by atoms with Crippen molar-refractivity contribution >= 4 is 24.2 Å². The van der Waals surface area contributed by atoms with E-state index in [0.29, 0.717) is 4.90 Å². The summed E-state index contributed by atoms with van der Waals surface area (Å²) in [6.45, 7) is -0.581. The minimum Gasteiger partial charge on any atom is -0.384 e. The van der Waals surface area contributed by atoms with Gasteiger partial charge in [-0.3, -0.25) is 9.59 Å². The van der Waals surface area contributed by atoms with E-state index in [-0.39, 0.29) is 68.4 Å². The van der Waals surface area contributed by atoms with Crippen molar-refractivity contribution in [2.45, 2.75) is 63.0 Å². The molecule has 0 radical (unpaired) electrons. The van der Waals surface area contributed by atoms with Crippen LogP contribution < -0.4 is 5.73 Å². The Bertz CT molecular complexity index is 936. The van der Waals surface area contributed by atoms with Gasteiger partial charge in [-0.25, -0.2) is 18.7 Å². The third-order valence-corrected chi connectivity index (χ3v) is 5.80. The molecule has 198 valence electrons. The first kappa shape index (κ1) is 29.1. The number of likely N-dealkylation sites (tertiary alicyclic amines) is 1. The van der Waals surface area contributed by atoms with Crippen molar-refractivity contribution in [3.63, 3.8) is 0 Å². The molecule has 0 spiro atoms. The second kappa shape index (κ2) is 11.3. The average Bonchev–Trinajstić information content (AvgIpc) is 2.76. The topological polar surface area (TPSA) is 122 Å². The number of aliphatic hydroxyl groups is 1. The van der Waals surface area contributed by atoms with Gasteiger partial charge < -0.3 is 25.4 Å². The van der Waals surface area contributed by atoms with Crippen LogP contribution in [0.5, 0.6) is 0 Å². The van der Waals surface area contributed by atoms with Crippen LogP contribution in [0.3, 0.4) is 0 Å². The Kier molecular flexibility index (Phi) is 9.36. The maximum absolute atomic E-state index is 13.7. The highest BCUT2D eigenvalue weighted by molar-refractivity contribution is 5.85. The summed E-state index contributed by atoms with van der Waals surface area (Å²) in [4.78, 5) is 34.3. The highest BCUT2D eigenvalue weighted by atomic mass is 35.5. The van der Waals surface area contributed by atoms with E-state index in [4.69, 9.17) is 10.5 Å². The van der Waals surface area contributed by atoms with Gasteiger partial charge in [-0.2, -0.15) is 13.2 Å². The molecule has 1 saturated heterocycles. The second-order valence-corrected chi connectivity index (χ2v) is 8.36. The van der Waals surface area contributed by atoms with E-state index in [0.717, 1.165) is 0 Å². The van der Waals surface area contributed by atoms with Crippen LogP contribution in [0.2, 0.25) is 0 Å². The number of aromatic nitrogens is 2. The van der Waals surface area contributed by atoms with Gasteiger partial charge in [0.25, 0.3) is 5.92 Å². The third kappa shape index (κ3) is 6.74. The number of alkyl halides is 5. The summed E-state index contributed by atoms with van der Waals surface area (Å²) in [6.07, 6.45) is -8.68. The van der Waals surface area contributed by atoms with Gasteiger partial charge in [0.1, 0.15) is 5.82 Å². The van der Waals surface area contributed by atoms with Crippen LogP contribution in [-0.2, 0) is 39.9 Å². The van der Waals surface area contributed by atoms with Crippen LogP contribution in [0.4, 0.5) is 22.0 Å². The fraction of sp³-hybridized carbons (Fsp3) is 0.700. The van der Waals surface area contributed by atoms with Gasteiger partial charge in [-0.1, -0.05) is 0 Å². The molecule has 1 fully saturated rings. The molecule has 3 N–H and O–H groups in total. The van der Waals surface area contributed by atoms with Crippen molar-refractivity contribution in [3.8, 4) is 0 Å². The first-order valence-electron chi connectivity index (χ1n) is 10.7. The summed E-state index contributed by atoms with van der Waals surface area (Å²) >= 11 is 0. The molecule has 0 saturated carbocycles. The zero-order valence-electron chi connectivity index (χ0n) is 18.9. The highest BCUT2D eigenvalue weighted by Gasteiger charge is 2.48. The van der Waals surface area contributed by atoms with Crippen LogP contribution in [0, 0.1) is 0 Å². The molecule has 35 heavy (non-hydrogen) atoms. The summed E-state index contributed by atoms with van der Waals surface area (Å²) in [5.74, 6) is -4.77. The van der Waals surface area contributed by atoms with E-state index < -0.39 is 61.3 Å². The Morgan fingerprint density at radius 1 is 1.31 bits per heavy atom. The molecular formula is C20H27ClF5N5O4. The van der Waals surface area contributed by atoms with Crippen molar-refractivity contribution in [1.29, 1.82) is 0 Å². The predicted molar refractivity (Wildman–Crippen MR) is 113 cm³/mol. The van der Waals surface area contributed by atoms with Crippen molar-refractivity contribution < 1.29 is 41.4 Å². The van der Waals surface area contributed by atoms with Gasteiger partial charge >= 0.3 is 6.18 Å². The van der Waals surface area contributed by atoms with Gasteiger partial charge in [-0.15, -0.1) is 12.4 Å². The molecule has 15 heteroatoms. The third-order valence-electron chi connectivity index (χ3n) is 5.80. The summed E-state index contributed by atoms with van der Waals surface area (Å²) in [5, 5.41) is 9.78. The Morgan fingerprint density at radius 3 is 2.63 bits per heavy atom. The number of nitrogens with zero attached hydrogens (tertiary/aromatic N) is 4. The molecule has 0 bridgehead atoms. The highest BCUT2D eigenvalue weighted by Crippen LogP contribution is 2.34. The van der Waals surface area contributed by atoms with E-state index in [1.165, 1.54) is 12.0 Å². The quantitative estimate of drug-likeness (QED) is 0.508. The molecule has 1 unspecified atom stereocenters. The van der Waals surface area contributed by atoms with Crippen LogP contribution >= 0.6 is 12.4 Å². The number of amides is 2. The lowest BCUT2D eigenvalue weighted by Gasteiger charge is -2.38. The minimum absolute atomic E-state index is 0. The summed E-state index contributed by atoms with van der Waals surface area (Å²) < 4.78 is 72.9. The number of hydrogen-bond donors (Lipinski definition) is 2. The number of aliphatic hydroxyl groups excluding tert-OH is 1. The van der Waals surface area contributed by atoms with E-state index in [1.54, 1.807) is 0 Å². The normalized spacial score (nSPS) is 20.8. The standard InChI is InChI=1S/C20H26F5N5O4.ClH/c1-34-7-4-14-27-13-10-29(6-3-12(13)17(28-14)20(23,24)25)16(32)8-11(26)9-30-15(31)2-5-19(21,22)18(30)33;/h11,18,33H,2-10,26H2,1H3;1H/t11-,18?;/m0./s1. The molecular weight excluding hydrogens is 505 g/mol. The van der Waals surface area contributed by atoms with Crippen LogP contribution in [0.25, 0.3) is 0 Å². The molecule has 1 aromatic heterocycles. The Hall–Kier alpha value is -2.16. The van der Waals surface area contributed by atoms with Crippen molar-refractivity contribution in [2.75, 3.05) is 26.8 Å². The summed E-state index contributed by atoms with van der Waals surface area (Å²) in [7, 11) is 1.39. The molecule has 2 aliphatic heterocycles. The van der Waals surface area contributed by atoms with Crippen molar-refractivity contribution in [1.82, 2.24) is 19.8 Å². The lowest BCUT2D eigenvalue weighted by molar-refractivity contribution is -0.205. The Morgan fingerprint density at radius 2 is 2.00 bits per heavy atom. The predicted octanol–water partition coefficient (Wildman–Crippen LogP) is 1.28. The molecule has 0 aromatic carbocycles. The molecule has 3 rings (SSSR count). The maximum Gasteiger partial charge on any atom is 0.433 e. The van der Waals surface area contributed by atoms with Gasteiger partial charge in [0.15, 0.2) is 11.9 Å². The number of ether oxygens (including phenoxy) is 1. The smallest absolute Gasteiger partial charge is 0.384 e. The molecule has 3 heterocycles. The Balaban J connectivity index is 0.00000432. The number of methoxy groups -OCH3 is 1. The number of hydrogen-bond acceptors (Lipinski definition) is 7. The van der Waals surface area contributed by atoms with E-state index in [1.807, 2.05) is 0 Å². The number of nitrogens with two attached hydrogens (primary N) is 1. The Labute approximate surface area is 204 Å². The van der Waals surface area contributed by atoms with Gasteiger partial charge in [0.2, 0.25) is 11.8 Å². The summed E-state index contributed by atoms with van der Waals surface area (Å²) in [6, 6.07) is -1.06. The first-order valence-corrected chi connectivity index (χ1v) is 10.7. The molecule has 9 nitrogen and oxygen atoms in total. The maximum atomic E-state index is 13.7. The monoisotopic (exact) mass is 531 g/mol. The lowest BCUT2D eigenvalue weighted by Crippen LogP contribution is -2.58. The van der Waals surface area contributed by atoms with Crippen molar-refractivity contribution in [3.05, 3.63) is 22.8 Å². The van der Waals surface area contributed by atoms with E-state index in [9.17, 15) is 36.6 Å². The lowest BCUT2D eigenvalue weighted by atomic mass is 10.0. The number of carbonyl (C=O) groups is 2. The number of fused-ring (bicyclic) bond motifs is 1. The largest absolute Gasteiger partial charge is 0.433 e. The minimum atomic E-state index is -4.69. The van der Waals surface area contributed by atoms with Gasteiger partial charge in [-0.05, 0) is 6.42 Å². The number of carbonyl (C=O) groups excluding carboxylic acids is 2. The average molecular weight is 532 g/mol. The van der Waals surface area contributed by atoms with Gasteiger partial charge in [0.05, 0.1) is 18.8 Å². The molecule has 2 amide bonds. The second-order valence-electron chi connectivity index (χ2n) is 8.36. The molecule has 2 aliphatic rings. The fourth-order valence-electron chi connectivity index (χ4n) is 4.02. The number of rotatable bonds is 7. The zero-order chi connectivity index (χ0) is 25.3. The molecule has 0 aliphatic carbocycles. The van der Waals surface area contributed by atoms with E-state index >= 15 is 0 Å². The fourth-order valence-corrected chi connectivity index (χ4v) is 4.02.